The highest BCUT2D eigenvalue weighted by molar-refractivity contribution is 7.99. The third kappa shape index (κ3) is 2.60. The van der Waals surface area contributed by atoms with Crippen molar-refractivity contribution in [3.63, 3.8) is 0 Å². The Morgan fingerprint density at radius 1 is 1.19 bits per heavy atom. The lowest BCUT2D eigenvalue weighted by Crippen LogP contribution is -2.22. The number of aromatic nitrogens is 3. The standard InChI is InChI=1S/C16H13N3OS/c1-2-11-21-16-18-14-13(9-6-10-17-14)15(20)19(16)12-7-4-3-5-8-12/h2-10H,1,11H2. The summed E-state index contributed by atoms with van der Waals surface area (Å²) in [5.74, 6) is 0.678. The average Bonchev–Trinajstić information content (AvgIpc) is 2.54. The summed E-state index contributed by atoms with van der Waals surface area (Å²) in [6.07, 6.45) is 3.43. The molecule has 0 atom stereocenters. The summed E-state index contributed by atoms with van der Waals surface area (Å²) in [6.45, 7) is 3.71. The van der Waals surface area contributed by atoms with Crippen LogP contribution in [0.25, 0.3) is 16.7 Å². The van der Waals surface area contributed by atoms with Crippen molar-refractivity contribution in [1.29, 1.82) is 0 Å². The van der Waals surface area contributed by atoms with Crippen LogP contribution in [0.15, 0.2) is 71.3 Å². The molecule has 0 fully saturated rings. The lowest BCUT2D eigenvalue weighted by molar-refractivity contribution is 0.816. The van der Waals surface area contributed by atoms with Gasteiger partial charge in [-0.15, -0.1) is 6.58 Å². The molecule has 1 aromatic carbocycles. The highest BCUT2D eigenvalue weighted by atomic mass is 32.2. The molecule has 0 radical (unpaired) electrons. The molecule has 0 N–H and O–H groups in total. The fourth-order valence-corrected chi connectivity index (χ4v) is 2.77. The van der Waals surface area contributed by atoms with Gasteiger partial charge in [-0.25, -0.2) is 9.97 Å². The number of hydrogen-bond donors (Lipinski definition) is 0. The van der Waals surface area contributed by atoms with E-state index in [0.717, 1.165) is 5.69 Å². The van der Waals surface area contributed by atoms with E-state index in [1.54, 1.807) is 29.0 Å². The number of thioether (sulfide) groups is 1. The van der Waals surface area contributed by atoms with Crippen LogP contribution >= 0.6 is 11.8 Å². The van der Waals surface area contributed by atoms with E-state index in [1.807, 2.05) is 30.3 Å². The molecule has 2 heterocycles. The van der Waals surface area contributed by atoms with E-state index in [9.17, 15) is 4.79 Å². The molecule has 0 amide bonds. The van der Waals surface area contributed by atoms with Gasteiger partial charge >= 0.3 is 0 Å². The molecule has 0 bridgehead atoms. The molecule has 104 valence electrons. The Balaban J connectivity index is 2.31. The van der Waals surface area contributed by atoms with Crippen molar-refractivity contribution in [3.05, 3.63) is 71.7 Å². The number of fused-ring (bicyclic) bond motifs is 1. The van der Waals surface area contributed by atoms with Gasteiger partial charge in [0.1, 0.15) is 0 Å². The summed E-state index contributed by atoms with van der Waals surface area (Å²) in [5.41, 5.74) is 1.17. The van der Waals surface area contributed by atoms with Gasteiger partial charge in [-0.1, -0.05) is 36.0 Å². The van der Waals surface area contributed by atoms with E-state index < -0.39 is 0 Å². The van der Waals surface area contributed by atoms with E-state index in [4.69, 9.17) is 0 Å². The smallest absolute Gasteiger partial charge is 0.268 e. The molecule has 2 aromatic heterocycles. The second-order valence-corrected chi connectivity index (χ2v) is 5.33. The van der Waals surface area contributed by atoms with Crippen LogP contribution in [0.1, 0.15) is 0 Å². The predicted octanol–water partition coefficient (Wildman–Crippen LogP) is 3.06. The van der Waals surface area contributed by atoms with Crippen LogP contribution in [0.5, 0.6) is 0 Å². The first kappa shape index (κ1) is 13.6. The van der Waals surface area contributed by atoms with Gasteiger partial charge in [0.05, 0.1) is 11.1 Å². The van der Waals surface area contributed by atoms with Crippen LogP contribution < -0.4 is 5.56 Å². The summed E-state index contributed by atoms with van der Waals surface area (Å²) < 4.78 is 1.62. The van der Waals surface area contributed by atoms with Crippen LogP contribution in [0.3, 0.4) is 0 Å². The lowest BCUT2D eigenvalue weighted by Gasteiger charge is -2.11. The van der Waals surface area contributed by atoms with Crippen molar-refractivity contribution in [2.45, 2.75) is 5.16 Å². The maximum Gasteiger partial charge on any atom is 0.268 e. The first-order chi connectivity index (χ1) is 10.3. The molecule has 3 rings (SSSR count). The maximum atomic E-state index is 12.8. The molecule has 0 aliphatic heterocycles. The van der Waals surface area contributed by atoms with E-state index in [0.29, 0.717) is 21.9 Å². The number of rotatable bonds is 4. The molecule has 0 saturated heterocycles. The van der Waals surface area contributed by atoms with Gasteiger partial charge in [0.25, 0.3) is 5.56 Å². The highest BCUT2D eigenvalue weighted by Gasteiger charge is 2.12. The fraction of sp³-hybridized carbons (Fsp3) is 0.0625. The fourth-order valence-electron chi connectivity index (χ4n) is 2.04. The van der Waals surface area contributed by atoms with Crippen molar-refractivity contribution in [1.82, 2.24) is 14.5 Å². The predicted molar refractivity (Wildman–Crippen MR) is 86.1 cm³/mol. The van der Waals surface area contributed by atoms with Crippen LogP contribution in [0, 0.1) is 0 Å². The Hall–Kier alpha value is -2.40. The Labute approximate surface area is 126 Å². The van der Waals surface area contributed by atoms with Crippen molar-refractivity contribution >= 4 is 22.8 Å². The van der Waals surface area contributed by atoms with Crippen molar-refractivity contribution in [3.8, 4) is 5.69 Å². The van der Waals surface area contributed by atoms with Crippen LogP contribution in [0.2, 0.25) is 0 Å². The van der Waals surface area contributed by atoms with Crippen LogP contribution in [-0.4, -0.2) is 20.3 Å². The zero-order valence-electron chi connectivity index (χ0n) is 11.3. The molecule has 0 aliphatic rings. The normalized spacial score (nSPS) is 10.7. The molecule has 21 heavy (non-hydrogen) atoms. The minimum atomic E-state index is -0.106. The highest BCUT2D eigenvalue weighted by Crippen LogP contribution is 2.20. The van der Waals surface area contributed by atoms with Gasteiger partial charge in [-0.2, -0.15) is 0 Å². The first-order valence-corrected chi connectivity index (χ1v) is 7.46. The zero-order valence-corrected chi connectivity index (χ0v) is 12.1. The Morgan fingerprint density at radius 2 is 2.00 bits per heavy atom. The quantitative estimate of drug-likeness (QED) is 0.422. The van der Waals surface area contributed by atoms with Gasteiger partial charge in [-0.3, -0.25) is 9.36 Å². The second kappa shape index (κ2) is 5.93. The Bertz CT molecular complexity index is 843. The summed E-state index contributed by atoms with van der Waals surface area (Å²) in [5, 5.41) is 1.14. The number of para-hydroxylation sites is 1. The molecule has 0 unspecified atom stereocenters. The molecule has 4 nitrogen and oxygen atoms in total. The Morgan fingerprint density at radius 3 is 2.76 bits per heavy atom. The van der Waals surface area contributed by atoms with Crippen molar-refractivity contribution in [2.75, 3.05) is 5.75 Å². The molecule has 0 saturated carbocycles. The average molecular weight is 295 g/mol. The van der Waals surface area contributed by atoms with Gasteiger partial charge in [0, 0.05) is 11.9 Å². The number of pyridine rings is 1. The molecule has 3 aromatic rings. The molecule has 5 heteroatoms. The zero-order chi connectivity index (χ0) is 14.7. The molecule has 0 aliphatic carbocycles. The van der Waals surface area contributed by atoms with Crippen molar-refractivity contribution in [2.24, 2.45) is 0 Å². The van der Waals surface area contributed by atoms with Crippen molar-refractivity contribution < 1.29 is 0 Å². The number of hydrogen-bond acceptors (Lipinski definition) is 4. The number of benzene rings is 1. The molecular formula is C16H13N3OS. The van der Waals surface area contributed by atoms with E-state index in [-0.39, 0.29) is 5.56 Å². The van der Waals surface area contributed by atoms with E-state index in [2.05, 4.69) is 16.5 Å². The van der Waals surface area contributed by atoms with E-state index in [1.165, 1.54) is 11.8 Å². The lowest BCUT2D eigenvalue weighted by atomic mass is 10.3. The third-order valence-corrected chi connectivity index (χ3v) is 3.89. The van der Waals surface area contributed by atoms with Gasteiger partial charge < -0.3 is 0 Å². The van der Waals surface area contributed by atoms with E-state index >= 15 is 0 Å². The summed E-state index contributed by atoms with van der Waals surface area (Å²) in [7, 11) is 0. The summed E-state index contributed by atoms with van der Waals surface area (Å²) >= 11 is 1.46. The SMILES string of the molecule is C=CCSc1nc2ncccc2c(=O)n1-c1ccccc1. The molecular weight excluding hydrogens is 282 g/mol. The van der Waals surface area contributed by atoms with Gasteiger partial charge in [0.2, 0.25) is 0 Å². The van der Waals surface area contributed by atoms with Crippen LogP contribution in [0.4, 0.5) is 0 Å². The van der Waals surface area contributed by atoms with Crippen LogP contribution in [-0.2, 0) is 0 Å². The largest absolute Gasteiger partial charge is 0.268 e. The third-order valence-electron chi connectivity index (χ3n) is 2.96. The monoisotopic (exact) mass is 295 g/mol. The maximum absolute atomic E-state index is 12.8. The minimum Gasteiger partial charge on any atom is -0.268 e. The number of nitrogens with zero attached hydrogens (tertiary/aromatic N) is 3. The first-order valence-electron chi connectivity index (χ1n) is 6.48. The molecule has 0 spiro atoms. The Kier molecular flexibility index (Phi) is 3.83. The summed E-state index contributed by atoms with van der Waals surface area (Å²) in [4.78, 5) is 21.5. The topological polar surface area (TPSA) is 47.8 Å². The summed E-state index contributed by atoms with van der Waals surface area (Å²) in [6, 6.07) is 13.0. The minimum absolute atomic E-state index is 0.106. The second-order valence-electron chi connectivity index (χ2n) is 4.34. The van der Waals surface area contributed by atoms with Gasteiger partial charge in [0.15, 0.2) is 10.8 Å². The van der Waals surface area contributed by atoms with Gasteiger partial charge in [-0.05, 0) is 24.3 Å².